The lowest BCUT2D eigenvalue weighted by Gasteiger charge is -2.26. The number of hydrogen-bond donors (Lipinski definition) is 2. The molecule has 4 heteroatoms. The van der Waals surface area contributed by atoms with Crippen LogP contribution in [0.1, 0.15) is 0 Å². The molecule has 0 aromatic rings. The summed E-state index contributed by atoms with van der Waals surface area (Å²) in [6.45, 7) is 0. The van der Waals surface area contributed by atoms with Crippen LogP contribution in [-0.2, 0) is 9.59 Å². The summed E-state index contributed by atoms with van der Waals surface area (Å²) < 4.78 is 0. The van der Waals surface area contributed by atoms with Crippen LogP contribution < -0.4 is 0 Å². The van der Waals surface area contributed by atoms with Gasteiger partial charge >= 0.3 is 11.9 Å². The molecular weight excluding hydrogens is 220 g/mol. The van der Waals surface area contributed by atoms with Crippen LogP contribution in [0.4, 0.5) is 0 Å². The molecule has 0 heterocycles. The van der Waals surface area contributed by atoms with Gasteiger partial charge in [-0.2, -0.15) is 0 Å². The monoisotopic (exact) mass is 230 g/mol. The van der Waals surface area contributed by atoms with E-state index in [-0.39, 0.29) is 11.1 Å². The predicted octanol–water partition coefficient (Wildman–Crippen LogP) is 1.69. The van der Waals surface area contributed by atoms with Gasteiger partial charge in [0.1, 0.15) is 0 Å². The molecule has 0 spiro atoms. The van der Waals surface area contributed by atoms with E-state index in [9.17, 15) is 19.8 Å². The molecule has 2 aliphatic carbocycles. The molecule has 2 bridgehead atoms. The molecule has 86 valence electrons. The minimum Gasteiger partial charge on any atom is -0.480 e. The van der Waals surface area contributed by atoms with Gasteiger partial charge < -0.3 is 10.2 Å². The third-order valence-corrected chi connectivity index (χ3v) is 2.83. The van der Waals surface area contributed by atoms with Crippen LogP contribution in [0.25, 0.3) is 0 Å². The van der Waals surface area contributed by atoms with Crippen molar-refractivity contribution in [1.29, 1.82) is 0 Å². The number of carbonyl (C=O) groups is 2. The third kappa shape index (κ3) is 1.45. The molecule has 0 aromatic heterocycles. The highest BCUT2D eigenvalue weighted by Gasteiger charge is 2.52. The molecule has 2 rings (SSSR count). The van der Waals surface area contributed by atoms with Crippen LogP contribution in [0.2, 0.25) is 0 Å². The Labute approximate surface area is 97.6 Å². The number of aliphatic carboxylic acids is 2. The second-order valence-electron chi connectivity index (χ2n) is 3.71. The van der Waals surface area contributed by atoms with Crippen molar-refractivity contribution in [2.24, 2.45) is 5.41 Å². The second-order valence-corrected chi connectivity index (χ2v) is 3.71. The zero-order chi connectivity index (χ0) is 12.5. The van der Waals surface area contributed by atoms with E-state index in [1.807, 2.05) is 0 Å². The predicted molar refractivity (Wildman–Crippen MR) is 61.3 cm³/mol. The van der Waals surface area contributed by atoms with Gasteiger partial charge in [0.05, 0.1) is 0 Å². The van der Waals surface area contributed by atoms with Crippen LogP contribution in [0, 0.1) is 5.41 Å². The Bertz CT molecular complexity index is 482. The highest BCUT2D eigenvalue weighted by Crippen LogP contribution is 2.40. The summed E-state index contributed by atoms with van der Waals surface area (Å²) in [5, 5.41) is 18.7. The van der Waals surface area contributed by atoms with E-state index < -0.39 is 17.4 Å². The van der Waals surface area contributed by atoms with Crippen LogP contribution in [0.15, 0.2) is 59.8 Å². The number of hydrogen-bond acceptors (Lipinski definition) is 2. The fraction of sp³-hybridized carbons (Fsp3) is 0.0769. The topological polar surface area (TPSA) is 74.6 Å². The maximum absolute atomic E-state index is 11.5. The number of allylic oxidation sites excluding steroid dienone is 8. The van der Waals surface area contributed by atoms with Crippen molar-refractivity contribution in [3.05, 3.63) is 59.8 Å². The van der Waals surface area contributed by atoms with E-state index in [1.54, 1.807) is 24.3 Å². The summed E-state index contributed by atoms with van der Waals surface area (Å²) in [5.74, 6) is -2.77. The molecule has 17 heavy (non-hydrogen) atoms. The summed E-state index contributed by atoms with van der Waals surface area (Å²) >= 11 is 0. The Kier molecular flexibility index (Phi) is 2.55. The lowest BCUT2D eigenvalue weighted by molar-refractivity contribution is -0.158. The first kappa shape index (κ1) is 11.1. The first-order valence-electron chi connectivity index (χ1n) is 5.01. The van der Waals surface area contributed by atoms with Gasteiger partial charge in [0.25, 0.3) is 0 Å². The van der Waals surface area contributed by atoms with E-state index in [2.05, 4.69) is 0 Å². The van der Waals surface area contributed by atoms with Crippen molar-refractivity contribution in [2.75, 3.05) is 0 Å². The molecule has 0 amide bonds. The lowest BCUT2D eigenvalue weighted by atomic mass is 9.74. The molecule has 0 saturated heterocycles. The minimum absolute atomic E-state index is 0.238. The van der Waals surface area contributed by atoms with Crippen LogP contribution >= 0.6 is 0 Å². The molecule has 2 aliphatic rings. The van der Waals surface area contributed by atoms with E-state index in [4.69, 9.17) is 0 Å². The van der Waals surface area contributed by atoms with Gasteiger partial charge in [-0.05, 0) is 11.1 Å². The van der Waals surface area contributed by atoms with E-state index in [0.29, 0.717) is 0 Å². The highest BCUT2D eigenvalue weighted by molar-refractivity contribution is 6.07. The SMILES string of the molecule is O=C(O)C1(C(=O)O)C2=CC=CC=C1C=CC=C2. The van der Waals surface area contributed by atoms with E-state index in [0.717, 1.165) is 0 Å². The van der Waals surface area contributed by atoms with Gasteiger partial charge in [0, 0.05) is 0 Å². The molecule has 0 atom stereocenters. The highest BCUT2D eigenvalue weighted by atomic mass is 16.4. The minimum atomic E-state index is -2.02. The smallest absolute Gasteiger partial charge is 0.330 e. The molecule has 0 fully saturated rings. The quantitative estimate of drug-likeness (QED) is 0.708. The van der Waals surface area contributed by atoms with Crippen LogP contribution in [0.5, 0.6) is 0 Å². The van der Waals surface area contributed by atoms with Crippen molar-refractivity contribution in [1.82, 2.24) is 0 Å². The third-order valence-electron chi connectivity index (χ3n) is 2.83. The molecular formula is C13H10O4. The molecule has 2 N–H and O–H groups in total. The maximum Gasteiger partial charge on any atom is 0.330 e. The fourth-order valence-corrected chi connectivity index (χ4v) is 2.00. The average Bonchev–Trinajstić information content (AvgIpc) is 2.56. The summed E-state index contributed by atoms with van der Waals surface area (Å²) in [4.78, 5) is 23.0. The summed E-state index contributed by atoms with van der Waals surface area (Å²) in [5.41, 5.74) is -1.54. The summed E-state index contributed by atoms with van der Waals surface area (Å²) in [6, 6.07) is 0. The fourth-order valence-electron chi connectivity index (χ4n) is 2.00. The van der Waals surface area contributed by atoms with Gasteiger partial charge in [-0.15, -0.1) is 0 Å². The Balaban J connectivity index is 2.81. The van der Waals surface area contributed by atoms with Gasteiger partial charge in [0.2, 0.25) is 5.41 Å². The molecule has 0 aliphatic heterocycles. The van der Waals surface area contributed by atoms with Crippen molar-refractivity contribution in [2.45, 2.75) is 0 Å². The maximum atomic E-state index is 11.5. The largest absolute Gasteiger partial charge is 0.480 e. The number of fused-ring (bicyclic) bond motifs is 2. The van der Waals surface area contributed by atoms with Gasteiger partial charge in [-0.3, -0.25) is 9.59 Å². The van der Waals surface area contributed by atoms with E-state index in [1.165, 1.54) is 24.3 Å². The summed E-state index contributed by atoms with van der Waals surface area (Å²) in [6.07, 6.45) is 12.6. The van der Waals surface area contributed by atoms with Crippen molar-refractivity contribution >= 4 is 11.9 Å². The molecule has 0 saturated carbocycles. The Morgan fingerprint density at radius 1 is 0.824 bits per heavy atom. The number of carboxylic acids is 2. The standard InChI is InChI=1S/C13H10O4/c14-11(15)13(12(16)17)9-5-1-2-6-10(13)8-4-3-7-9/h1-8H,(H,14,15)(H,16,17). The molecule has 0 unspecified atom stereocenters. The Morgan fingerprint density at radius 2 is 1.24 bits per heavy atom. The zero-order valence-electron chi connectivity index (χ0n) is 8.83. The van der Waals surface area contributed by atoms with Crippen molar-refractivity contribution in [3.8, 4) is 0 Å². The first-order valence-corrected chi connectivity index (χ1v) is 5.01. The van der Waals surface area contributed by atoms with Gasteiger partial charge in [-0.1, -0.05) is 48.6 Å². The van der Waals surface area contributed by atoms with Gasteiger partial charge in [-0.25, -0.2) is 0 Å². The molecule has 0 aromatic carbocycles. The number of carboxylic acid groups (broad SMARTS) is 2. The Hall–Kier alpha value is -2.36. The van der Waals surface area contributed by atoms with Gasteiger partial charge in [0.15, 0.2) is 0 Å². The lowest BCUT2D eigenvalue weighted by Crippen LogP contribution is -2.41. The molecule has 0 radical (unpaired) electrons. The summed E-state index contributed by atoms with van der Waals surface area (Å²) in [7, 11) is 0. The van der Waals surface area contributed by atoms with Crippen LogP contribution in [0.3, 0.4) is 0 Å². The van der Waals surface area contributed by atoms with Crippen molar-refractivity contribution < 1.29 is 19.8 Å². The van der Waals surface area contributed by atoms with Crippen LogP contribution in [-0.4, -0.2) is 22.2 Å². The average molecular weight is 230 g/mol. The molecule has 4 nitrogen and oxygen atoms in total. The van der Waals surface area contributed by atoms with E-state index >= 15 is 0 Å². The van der Waals surface area contributed by atoms with Crippen molar-refractivity contribution in [3.63, 3.8) is 0 Å². The number of rotatable bonds is 2. The first-order chi connectivity index (χ1) is 8.10. The zero-order valence-corrected chi connectivity index (χ0v) is 8.83. The Morgan fingerprint density at radius 3 is 1.59 bits per heavy atom. The normalized spacial score (nSPS) is 20.0. The second kappa shape index (κ2) is 3.90.